The van der Waals surface area contributed by atoms with Crippen molar-refractivity contribution in [1.29, 1.82) is 0 Å². The molecule has 3 aliphatic rings. The summed E-state index contributed by atoms with van der Waals surface area (Å²) in [4.78, 5) is 17.2. The molecule has 1 saturated carbocycles. The second kappa shape index (κ2) is 14.4. The molecule has 11 nitrogen and oxygen atoms in total. The van der Waals surface area contributed by atoms with E-state index in [9.17, 15) is 4.57 Å². The molecule has 7 rings (SSSR count). The van der Waals surface area contributed by atoms with E-state index in [0.29, 0.717) is 23.7 Å². The predicted octanol–water partition coefficient (Wildman–Crippen LogP) is 6.51. The zero-order chi connectivity index (χ0) is 35.0. The summed E-state index contributed by atoms with van der Waals surface area (Å²) in [5.74, 6) is 2.42. The van der Waals surface area contributed by atoms with Crippen molar-refractivity contribution in [3.8, 4) is 16.9 Å². The summed E-state index contributed by atoms with van der Waals surface area (Å²) in [7, 11) is 1.39. The Kier molecular flexibility index (Phi) is 9.92. The van der Waals surface area contributed by atoms with Gasteiger partial charge in [0.15, 0.2) is 0 Å². The number of benzene rings is 2. The lowest BCUT2D eigenvalue weighted by Crippen LogP contribution is -2.52. The standard InChI is InChI=1S/C38H52N9O2P/c1-7-47-25-29(24-40-47)31-21-33(35(49-4)22-34(31)46-14-12-30(13-15-46)45-18-16-44(3)17-19-45)42-38-39-23-26(2)37(43-38)41-32-11-10-28(27-8-9-27)20-36(32)50(5,6)48/h10-11,20-25,27,30H,7-9,12-19H2,1-6H3,(H2,39,41,42,43). The molecular weight excluding hydrogens is 645 g/mol. The molecule has 3 fully saturated rings. The van der Waals surface area contributed by atoms with Crippen molar-refractivity contribution >= 4 is 41.3 Å². The monoisotopic (exact) mass is 697 g/mol. The molecule has 2 saturated heterocycles. The molecule has 0 bridgehead atoms. The van der Waals surface area contributed by atoms with Crippen LogP contribution in [-0.2, 0) is 11.1 Å². The van der Waals surface area contributed by atoms with Gasteiger partial charge in [-0.15, -0.1) is 0 Å². The lowest BCUT2D eigenvalue weighted by atomic mass is 9.98. The smallest absolute Gasteiger partial charge is 0.229 e. The molecule has 2 aliphatic heterocycles. The van der Waals surface area contributed by atoms with Crippen LogP contribution in [0.1, 0.15) is 49.7 Å². The van der Waals surface area contributed by atoms with Gasteiger partial charge < -0.3 is 29.7 Å². The van der Waals surface area contributed by atoms with Crippen molar-refractivity contribution in [1.82, 2.24) is 29.5 Å². The summed E-state index contributed by atoms with van der Waals surface area (Å²) in [6.45, 7) is 15.1. The second-order valence-corrected chi connectivity index (χ2v) is 17.8. The molecule has 0 spiro atoms. The minimum absolute atomic E-state index is 0.444. The summed E-state index contributed by atoms with van der Waals surface area (Å²) in [6.07, 6.45) is 10.6. The first-order chi connectivity index (χ1) is 24.1. The highest BCUT2D eigenvalue weighted by molar-refractivity contribution is 7.70. The Bertz CT molecular complexity index is 1870. The third kappa shape index (κ3) is 7.55. The Hall–Kier alpha value is -3.92. The fourth-order valence-corrected chi connectivity index (χ4v) is 8.48. The minimum Gasteiger partial charge on any atom is -0.494 e. The molecule has 1 aliphatic carbocycles. The summed E-state index contributed by atoms with van der Waals surface area (Å²) in [5, 5.41) is 12.4. The Morgan fingerprint density at radius 3 is 2.36 bits per heavy atom. The van der Waals surface area contributed by atoms with E-state index in [-0.39, 0.29) is 0 Å². The quantitative estimate of drug-likeness (QED) is 0.169. The van der Waals surface area contributed by atoms with Crippen LogP contribution in [0.5, 0.6) is 5.75 Å². The van der Waals surface area contributed by atoms with Gasteiger partial charge in [0, 0.05) is 98.0 Å². The van der Waals surface area contributed by atoms with Crippen LogP contribution in [-0.4, -0.2) is 102 Å². The van der Waals surface area contributed by atoms with E-state index in [0.717, 1.165) is 103 Å². The topological polar surface area (TPSA) is 104 Å². The maximum absolute atomic E-state index is 13.4. The van der Waals surface area contributed by atoms with Crippen LogP contribution in [0.15, 0.2) is 48.9 Å². The molecule has 0 unspecified atom stereocenters. The fraction of sp³-hybridized carbons (Fsp3) is 0.500. The molecule has 4 aromatic rings. The number of nitrogens with zero attached hydrogens (tertiary/aromatic N) is 7. The first kappa shape index (κ1) is 34.5. The largest absolute Gasteiger partial charge is 0.494 e. The van der Waals surface area contributed by atoms with Gasteiger partial charge in [-0.3, -0.25) is 9.58 Å². The first-order valence-electron chi connectivity index (χ1n) is 18.1. The van der Waals surface area contributed by atoms with Crippen LogP contribution in [0.3, 0.4) is 0 Å². The maximum Gasteiger partial charge on any atom is 0.229 e. The van der Waals surface area contributed by atoms with Gasteiger partial charge in [0.1, 0.15) is 18.7 Å². The van der Waals surface area contributed by atoms with Crippen molar-refractivity contribution in [2.24, 2.45) is 0 Å². The predicted molar refractivity (Wildman–Crippen MR) is 205 cm³/mol. The highest BCUT2D eigenvalue weighted by atomic mass is 31.2. The SMILES string of the molecule is CCn1cc(-c2cc(Nc3ncc(C)c(Nc4ccc(C5CC5)cc4P(C)(C)=O)n3)c(OC)cc2N2CCC(N3CCN(C)CC3)CC2)cn1. The third-order valence-electron chi connectivity index (χ3n) is 10.6. The van der Waals surface area contributed by atoms with Crippen molar-refractivity contribution < 1.29 is 9.30 Å². The summed E-state index contributed by atoms with van der Waals surface area (Å²) < 4.78 is 21.4. The second-order valence-electron chi connectivity index (χ2n) is 14.6. The van der Waals surface area contributed by atoms with E-state index in [1.54, 1.807) is 7.11 Å². The Morgan fingerprint density at radius 1 is 0.940 bits per heavy atom. The first-order valence-corrected chi connectivity index (χ1v) is 20.7. The molecule has 2 aromatic carbocycles. The van der Waals surface area contributed by atoms with Gasteiger partial charge in [-0.2, -0.15) is 10.1 Å². The van der Waals surface area contributed by atoms with Gasteiger partial charge in [0.25, 0.3) is 0 Å². The van der Waals surface area contributed by atoms with Gasteiger partial charge in [-0.1, -0.05) is 6.07 Å². The molecule has 2 N–H and O–H groups in total. The minimum atomic E-state index is -2.54. The number of aromatic nitrogens is 4. The lowest BCUT2D eigenvalue weighted by molar-refractivity contribution is 0.0982. The zero-order valence-corrected chi connectivity index (χ0v) is 31.3. The third-order valence-corrected chi connectivity index (χ3v) is 12.1. The number of aryl methyl sites for hydroxylation is 2. The van der Waals surface area contributed by atoms with E-state index >= 15 is 0 Å². The molecule has 266 valence electrons. The van der Waals surface area contributed by atoms with E-state index in [1.807, 2.05) is 37.3 Å². The molecule has 12 heteroatoms. The number of rotatable bonds is 11. The van der Waals surface area contributed by atoms with Gasteiger partial charge in [-0.25, -0.2) is 4.98 Å². The van der Waals surface area contributed by atoms with E-state index in [1.165, 1.54) is 18.4 Å². The average molecular weight is 698 g/mol. The molecule has 2 aromatic heterocycles. The van der Waals surface area contributed by atoms with E-state index in [2.05, 4.69) is 85.9 Å². The molecule has 0 amide bonds. The van der Waals surface area contributed by atoms with Gasteiger partial charge in [-0.05, 0) is 89.6 Å². The lowest BCUT2D eigenvalue weighted by Gasteiger charge is -2.43. The average Bonchev–Trinajstić information content (AvgIpc) is 3.86. The van der Waals surface area contributed by atoms with Crippen LogP contribution < -0.4 is 25.6 Å². The summed E-state index contributed by atoms with van der Waals surface area (Å²) >= 11 is 0. The number of ether oxygens (including phenoxy) is 1. The van der Waals surface area contributed by atoms with Crippen LogP contribution in [0.25, 0.3) is 11.1 Å². The number of likely N-dealkylation sites (N-methyl/N-ethyl adjacent to an activating group) is 1. The number of piperazine rings is 1. The van der Waals surface area contributed by atoms with E-state index in [4.69, 9.17) is 9.72 Å². The Balaban J connectivity index is 1.17. The number of anilines is 5. The molecule has 0 radical (unpaired) electrons. The fourth-order valence-electron chi connectivity index (χ4n) is 7.31. The molecular formula is C38H52N9O2P. The molecule has 4 heterocycles. The van der Waals surface area contributed by atoms with Crippen LogP contribution in [0.4, 0.5) is 28.8 Å². The van der Waals surface area contributed by atoms with Crippen molar-refractivity contribution in [3.63, 3.8) is 0 Å². The number of hydrogen-bond donors (Lipinski definition) is 2. The summed E-state index contributed by atoms with van der Waals surface area (Å²) in [6, 6.07) is 11.3. The number of methoxy groups -OCH3 is 1. The van der Waals surface area contributed by atoms with Crippen LogP contribution in [0.2, 0.25) is 0 Å². The Labute approximate surface area is 296 Å². The van der Waals surface area contributed by atoms with Gasteiger partial charge in [0.2, 0.25) is 5.95 Å². The summed E-state index contributed by atoms with van der Waals surface area (Å²) in [5.41, 5.74) is 7.07. The van der Waals surface area contributed by atoms with Crippen LogP contribution in [0, 0.1) is 6.92 Å². The zero-order valence-electron chi connectivity index (χ0n) is 30.4. The molecule has 0 atom stereocenters. The molecule has 50 heavy (non-hydrogen) atoms. The number of nitrogens with one attached hydrogen (secondary N) is 2. The van der Waals surface area contributed by atoms with Crippen molar-refractivity contribution in [3.05, 3.63) is 60.0 Å². The Morgan fingerprint density at radius 2 is 1.70 bits per heavy atom. The van der Waals surface area contributed by atoms with Crippen molar-refractivity contribution in [2.75, 3.05) is 82.3 Å². The van der Waals surface area contributed by atoms with Crippen LogP contribution >= 0.6 is 7.14 Å². The highest BCUT2D eigenvalue weighted by Gasteiger charge is 2.29. The normalized spacial score (nSPS) is 18.0. The van der Waals surface area contributed by atoms with Gasteiger partial charge in [0.05, 0.1) is 24.7 Å². The highest BCUT2D eigenvalue weighted by Crippen LogP contribution is 2.45. The van der Waals surface area contributed by atoms with Crippen molar-refractivity contribution in [2.45, 2.75) is 58.0 Å². The van der Waals surface area contributed by atoms with E-state index < -0.39 is 7.14 Å². The number of piperidine rings is 1. The maximum atomic E-state index is 13.4. The number of hydrogen-bond acceptors (Lipinski definition) is 10. The van der Waals surface area contributed by atoms with Gasteiger partial charge >= 0.3 is 0 Å².